The zero-order chi connectivity index (χ0) is 14.1. The monoisotopic (exact) mass is 335 g/mol. The Balaban J connectivity index is 2.07. The predicted molar refractivity (Wildman–Crippen MR) is 69.8 cm³/mol. The molecule has 3 rings (SSSR count). The first kappa shape index (κ1) is 12.5. The van der Waals surface area contributed by atoms with E-state index in [4.69, 9.17) is 4.74 Å². The van der Waals surface area contributed by atoms with E-state index >= 15 is 0 Å². The van der Waals surface area contributed by atoms with E-state index in [0.29, 0.717) is 10.1 Å². The Morgan fingerprint density at radius 2 is 2.20 bits per heavy atom. The average Bonchev–Trinajstić information content (AvgIpc) is 2.90. The highest BCUT2D eigenvalue weighted by atomic mass is 79.9. The fraction of sp³-hybridized carbons (Fsp3) is 0. The molecule has 0 spiro atoms. The van der Waals surface area contributed by atoms with E-state index in [-0.39, 0.29) is 17.2 Å². The number of aromatic carboxylic acids is 1. The minimum Gasteiger partial charge on any atom is -0.478 e. The van der Waals surface area contributed by atoms with Gasteiger partial charge in [-0.15, -0.1) is 5.10 Å². The van der Waals surface area contributed by atoms with Crippen molar-refractivity contribution in [2.45, 2.75) is 0 Å². The van der Waals surface area contributed by atoms with Crippen molar-refractivity contribution in [1.82, 2.24) is 25.0 Å². The number of rotatable bonds is 3. The standard InChI is InChI=1S/C11H6BrN5O3/c12-6-1-2-8(7(3-6)11(18)19)20-10-5-13-4-9-14-15-16-17(9)10/h1-5H,(H,18,19). The summed E-state index contributed by atoms with van der Waals surface area (Å²) in [6, 6.07) is 4.66. The van der Waals surface area contributed by atoms with Crippen molar-refractivity contribution in [1.29, 1.82) is 0 Å². The molecule has 100 valence electrons. The summed E-state index contributed by atoms with van der Waals surface area (Å²) < 4.78 is 7.51. The highest BCUT2D eigenvalue weighted by Crippen LogP contribution is 2.27. The van der Waals surface area contributed by atoms with E-state index in [2.05, 4.69) is 36.4 Å². The molecule has 0 aliphatic heterocycles. The second-order valence-electron chi connectivity index (χ2n) is 3.74. The first-order chi connectivity index (χ1) is 9.65. The van der Waals surface area contributed by atoms with Crippen molar-refractivity contribution in [3.8, 4) is 11.6 Å². The van der Waals surface area contributed by atoms with E-state index in [0.717, 1.165) is 0 Å². The number of nitrogens with zero attached hydrogens (tertiary/aromatic N) is 5. The van der Waals surface area contributed by atoms with Gasteiger partial charge in [0, 0.05) is 4.47 Å². The minimum absolute atomic E-state index is 0.0180. The Hall–Kier alpha value is -2.55. The average molecular weight is 336 g/mol. The van der Waals surface area contributed by atoms with Gasteiger partial charge < -0.3 is 9.84 Å². The lowest BCUT2D eigenvalue weighted by atomic mass is 10.2. The van der Waals surface area contributed by atoms with E-state index in [1.165, 1.54) is 29.0 Å². The van der Waals surface area contributed by atoms with Gasteiger partial charge in [-0.05, 0) is 28.6 Å². The molecule has 0 radical (unpaired) electrons. The second kappa shape index (κ2) is 4.85. The maximum atomic E-state index is 11.2. The number of halogens is 1. The van der Waals surface area contributed by atoms with Crippen molar-refractivity contribution < 1.29 is 14.6 Å². The molecule has 0 aliphatic rings. The lowest BCUT2D eigenvalue weighted by Crippen LogP contribution is -2.03. The molecule has 3 aromatic rings. The van der Waals surface area contributed by atoms with Crippen LogP contribution in [0.25, 0.3) is 5.65 Å². The van der Waals surface area contributed by atoms with Crippen LogP contribution in [0.3, 0.4) is 0 Å². The number of benzene rings is 1. The summed E-state index contributed by atoms with van der Waals surface area (Å²) in [5.74, 6) is -0.707. The van der Waals surface area contributed by atoms with Crippen LogP contribution in [-0.4, -0.2) is 36.1 Å². The van der Waals surface area contributed by atoms with Gasteiger partial charge in [0.25, 0.3) is 0 Å². The Kier molecular flexibility index (Phi) is 3.03. The molecule has 2 aromatic heterocycles. The number of hydrogen-bond acceptors (Lipinski definition) is 6. The molecule has 0 amide bonds. The number of carbonyl (C=O) groups is 1. The molecule has 0 aliphatic carbocycles. The Bertz CT molecular complexity index is 804. The summed E-state index contributed by atoms with van der Waals surface area (Å²) in [6.45, 7) is 0. The predicted octanol–water partition coefficient (Wildman–Crippen LogP) is 1.77. The summed E-state index contributed by atoms with van der Waals surface area (Å²) in [5, 5.41) is 20.1. The van der Waals surface area contributed by atoms with Gasteiger partial charge >= 0.3 is 5.97 Å². The van der Waals surface area contributed by atoms with Gasteiger partial charge in [-0.25, -0.2) is 4.79 Å². The van der Waals surface area contributed by atoms with Gasteiger partial charge in [0.2, 0.25) is 11.5 Å². The molecule has 20 heavy (non-hydrogen) atoms. The van der Waals surface area contributed by atoms with Gasteiger partial charge in [0.15, 0.2) is 0 Å². The van der Waals surface area contributed by atoms with E-state index in [1.54, 1.807) is 6.07 Å². The third-order valence-electron chi connectivity index (χ3n) is 2.46. The van der Waals surface area contributed by atoms with Crippen LogP contribution >= 0.6 is 15.9 Å². The van der Waals surface area contributed by atoms with E-state index in [1.807, 2.05) is 0 Å². The van der Waals surface area contributed by atoms with Crippen LogP contribution in [0.1, 0.15) is 10.4 Å². The van der Waals surface area contributed by atoms with Gasteiger partial charge in [0.1, 0.15) is 11.3 Å². The summed E-state index contributed by atoms with van der Waals surface area (Å²) in [6.07, 6.45) is 2.86. The smallest absolute Gasteiger partial charge is 0.339 e. The minimum atomic E-state index is -1.10. The molecule has 2 heterocycles. The molecular weight excluding hydrogens is 330 g/mol. The normalized spacial score (nSPS) is 10.7. The zero-order valence-corrected chi connectivity index (χ0v) is 11.4. The van der Waals surface area contributed by atoms with Gasteiger partial charge in [-0.2, -0.15) is 4.52 Å². The van der Waals surface area contributed by atoms with Crippen LogP contribution in [-0.2, 0) is 0 Å². The van der Waals surface area contributed by atoms with Gasteiger partial charge in [-0.3, -0.25) is 4.98 Å². The van der Waals surface area contributed by atoms with Crippen molar-refractivity contribution in [3.63, 3.8) is 0 Å². The largest absolute Gasteiger partial charge is 0.478 e. The van der Waals surface area contributed by atoms with Crippen LogP contribution in [0.5, 0.6) is 11.6 Å². The number of aromatic nitrogens is 5. The topological polar surface area (TPSA) is 102 Å². The molecule has 0 unspecified atom stereocenters. The van der Waals surface area contributed by atoms with Crippen molar-refractivity contribution in [2.75, 3.05) is 0 Å². The quantitative estimate of drug-likeness (QED) is 0.777. The molecule has 0 fully saturated rings. The Labute approximate surface area is 120 Å². The number of hydrogen-bond donors (Lipinski definition) is 1. The van der Waals surface area contributed by atoms with Crippen molar-refractivity contribution in [2.24, 2.45) is 0 Å². The number of carboxylic acids is 1. The third-order valence-corrected chi connectivity index (χ3v) is 2.96. The molecule has 0 saturated heterocycles. The van der Waals surface area contributed by atoms with Crippen molar-refractivity contribution in [3.05, 3.63) is 40.6 Å². The number of tetrazole rings is 1. The lowest BCUT2D eigenvalue weighted by Gasteiger charge is -2.08. The fourth-order valence-electron chi connectivity index (χ4n) is 1.59. The maximum absolute atomic E-state index is 11.2. The van der Waals surface area contributed by atoms with Crippen LogP contribution in [0.4, 0.5) is 0 Å². The first-order valence-corrected chi connectivity index (χ1v) is 6.17. The third kappa shape index (κ3) is 2.18. The molecule has 0 saturated carbocycles. The molecule has 8 nitrogen and oxygen atoms in total. The van der Waals surface area contributed by atoms with E-state index in [9.17, 15) is 9.90 Å². The van der Waals surface area contributed by atoms with Crippen LogP contribution in [0, 0.1) is 0 Å². The lowest BCUT2D eigenvalue weighted by molar-refractivity contribution is 0.0694. The molecule has 0 atom stereocenters. The SMILES string of the molecule is O=C(O)c1cc(Br)ccc1Oc1cncc2nnnn12. The summed E-state index contributed by atoms with van der Waals surface area (Å²) in [7, 11) is 0. The van der Waals surface area contributed by atoms with Crippen LogP contribution in [0.2, 0.25) is 0 Å². The van der Waals surface area contributed by atoms with Gasteiger partial charge in [0.05, 0.1) is 12.4 Å². The first-order valence-electron chi connectivity index (χ1n) is 5.38. The molecule has 0 bridgehead atoms. The summed E-state index contributed by atoms with van der Waals surface area (Å²) in [5.41, 5.74) is 0.418. The molecule has 9 heteroatoms. The Morgan fingerprint density at radius 1 is 1.35 bits per heavy atom. The Morgan fingerprint density at radius 3 is 3.00 bits per heavy atom. The molecule has 1 N–H and O–H groups in total. The zero-order valence-electron chi connectivity index (χ0n) is 9.76. The highest BCUT2D eigenvalue weighted by Gasteiger charge is 2.14. The number of fused-ring (bicyclic) bond motifs is 1. The van der Waals surface area contributed by atoms with Crippen LogP contribution in [0.15, 0.2) is 35.1 Å². The number of carboxylic acid groups (broad SMARTS) is 1. The summed E-state index contributed by atoms with van der Waals surface area (Å²) in [4.78, 5) is 15.1. The van der Waals surface area contributed by atoms with Gasteiger partial charge in [-0.1, -0.05) is 15.9 Å². The van der Waals surface area contributed by atoms with E-state index < -0.39 is 5.97 Å². The molecular formula is C11H6BrN5O3. The number of ether oxygens (including phenoxy) is 1. The maximum Gasteiger partial charge on any atom is 0.339 e. The fourth-order valence-corrected chi connectivity index (χ4v) is 1.96. The second-order valence-corrected chi connectivity index (χ2v) is 4.66. The van der Waals surface area contributed by atoms with Crippen LogP contribution < -0.4 is 4.74 Å². The molecule has 1 aromatic carbocycles. The highest BCUT2D eigenvalue weighted by molar-refractivity contribution is 9.10. The van der Waals surface area contributed by atoms with Crippen molar-refractivity contribution >= 4 is 27.5 Å². The summed E-state index contributed by atoms with van der Waals surface area (Å²) >= 11 is 3.21.